The van der Waals surface area contributed by atoms with Gasteiger partial charge in [-0.15, -0.1) is 0 Å². The highest BCUT2D eigenvalue weighted by Gasteiger charge is 2.24. The van der Waals surface area contributed by atoms with Crippen molar-refractivity contribution in [1.82, 2.24) is 10.2 Å². The lowest BCUT2D eigenvalue weighted by Crippen LogP contribution is -2.50. The lowest BCUT2D eigenvalue weighted by Gasteiger charge is -2.37. The summed E-state index contributed by atoms with van der Waals surface area (Å²) in [5.41, 5.74) is 2.63. The molecular formula is C26H27BrN4O3S. The summed E-state index contributed by atoms with van der Waals surface area (Å²) < 4.78 is 6.70. The van der Waals surface area contributed by atoms with E-state index in [9.17, 15) is 9.59 Å². The summed E-state index contributed by atoms with van der Waals surface area (Å²) in [5.74, 6) is 0.523. The Bertz CT molecular complexity index is 1220. The van der Waals surface area contributed by atoms with Crippen molar-refractivity contribution in [1.29, 1.82) is 0 Å². The standard InChI is InChI=1S/C26H27BrN4O3S/c1-17(2)25(33)31-15-13-30(14-16-31)21-6-4-3-5-20(21)28-26(35)29-24(32)23-12-11-22(34-23)18-7-9-19(27)10-8-18/h3-12,17H,13-16H2,1-2H3,(H2,28,29,32,35). The van der Waals surface area contributed by atoms with Gasteiger partial charge in [-0.3, -0.25) is 14.9 Å². The number of rotatable bonds is 5. The quantitative estimate of drug-likeness (QED) is 0.425. The summed E-state index contributed by atoms with van der Waals surface area (Å²) >= 11 is 8.82. The van der Waals surface area contributed by atoms with Crippen LogP contribution in [0.2, 0.25) is 0 Å². The lowest BCUT2D eigenvalue weighted by atomic mass is 10.1. The molecule has 0 saturated carbocycles. The van der Waals surface area contributed by atoms with Gasteiger partial charge in [0.05, 0.1) is 11.4 Å². The summed E-state index contributed by atoms with van der Waals surface area (Å²) in [6.07, 6.45) is 0. The van der Waals surface area contributed by atoms with Gasteiger partial charge in [-0.25, -0.2) is 0 Å². The molecule has 1 fully saturated rings. The first-order valence-corrected chi connectivity index (χ1v) is 12.6. The van der Waals surface area contributed by atoms with E-state index >= 15 is 0 Å². The van der Waals surface area contributed by atoms with Gasteiger partial charge in [0.2, 0.25) is 5.91 Å². The zero-order valence-corrected chi connectivity index (χ0v) is 22.0. The van der Waals surface area contributed by atoms with Crippen LogP contribution in [0, 0.1) is 5.92 Å². The van der Waals surface area contributed by atoms with Crippen LogP contribution in [-0.4, -0.2) is 48.0 Å². The van der Waals surface area contributed by atoms with Gasteiger partial charge in [0.15, 0.2) is 10.9 Å². The van der Waals surface area contributed by atoms with Crippen LogP contribution < -0.4 is 15.5 Å². The fourth-order valence-corrected chi connectivity index (χ4v) is 4.40. The number of nitrogens with one attached hydrogen (secondary N) is 2. The largest absolute Gasteiger partial charge is 0.451 e. The van der Waals surface area contributed by atoms with E-state index in [0.717, 1.165) is 34.5 Å². The molecule has 0 radical (unpaired) electrons. The molecule has 0 spiro atoms. The first-order chi connectivity index (χ1) is 16.8. The number of hydrogen-bond donors (Lipinski definition) is 2. The Morgan fingerprint density at radius 2 is 1.66 bits per heavy atom. The third-order valence-electron chi connectivity index (χ3n) is 5.76. The minimum Gasteiger partial charge on any atom is -0.451 e. The number of benzene rings is 2. The Kier molecular flexibility index (Phi) is 7.87. The summed E-state index contributed by atoms with van der Waals surface area (Å²) in [7, 11) is 0. The second-order valence-corrected chi connectivity index (χ2v) is 9.89. The summed E-state index contributed by atoms with van der Waals surface area (Å²) in [6.45, 7) is 6.64. The molecule has 0 atom stereocenters. The fraction of sp³-hybridized carbons (Fsp3) is 0.269. The van der Waals surface area contributed by atoms with Crippen LogP contribution in [0.5, 0.6) is 0 Å². The van der Waals surface area contributed by atoms with Gasteiger partial charge < -0.3 is 19.5 Å². The number of nitrogens with zero attached hydrogens (tertiary/aromatic N) is 2. The fourth-order valence-electron chi connectivity index (χ4n) is 3.94. The lowest BCUT2D eigenvalue weighted by molar-refractivity contribution is -0.134. The summed E-state index contributed by atoms with van der Waals surface area (Å²) in [4.78, 5) is 29.1. The Morgan fingerprint density at radius 1 is 0.971 bits per heavy atom. The van der Waals surface area contributed by atoms with Crippen LogP contribution in [0.15, 0.2) is 69.6 Å². The van der Waals surface area contributed by atoms with E-state index in [-0.39, 0.29) is 22.7 Å². The van der Waals surface area contributed by atoms with Crippen LogP contribution in [0.4, 0.5) is 11.4 Å². The molecule has 2 heterocycles. The van der Waals surface area contributed by atoms with Crippen molar-refractivity contribution >= 4 is 56.4 Å². The van der Waals surface area contributed by atoms with Crippen LogP contribution in [0.25, 0.3) is 11.3 Å². The number of carbonyl (C=O) groups excluding carboxylic acids is 2. The molecule has 2 amide bonds. The van der Waals surface area contributed by atoms with Crippen molar-refractivity contribution in [3.05, 3.63) is 70.9 Å². The van der Waals surface area contributed by atoms with E-state index < -0.39 is 5.91 Å². The molecule has 2 N–H and O–H groups in total. The number of carbonyl (C=O) groups is 2. The first-order valence-electron chi connectivity index (χ1n) is 11.4. The molecule has 1 aliphatic heterocycles. The van der Waals surface area contributed by atoms with Crippen molar-refractivity contribution in [2.75, 3.05) is 36.4 Å². The van der Waals surface area contributed by atoms with E-state index in [1.165, 1.54) is 0 Å². The number of furan rings is 1. The Balaban J connectivity index is 1.37. The number of para-hydroxylation sites is 2. The molecule has 2 aromatic carbocycles. The SMILES string of the molecule is CC(C)C(=O)N1CCN(c2ccccc2NC(=S)NC(=O)c2ccc(-c3ccc(Br)cc3)o2)CC1. The molecule has 0 bridgehead atoms. The highest BCUT2D eigenvalue weighted by Crippen LogP contribution is 2.27. The van der Waals surface area contributed by atoms with Crippen LogP contribution in [-0.2, 0) is 4.79 Å². The molecule has 182 valence electrons. The van der Waals surface area contributed by atoms with Gasteiger partial charge in [-0.1, -0.05) is 54.0 Å². The van der Waals surface area contributed by atoms with Crippen molar-refractivity contribution < 1.29 is 14.0 Å². The van der Waals surface area contributed by atoms with Gasteiger partial charge in [-0.2, -0.15) is 0 Å². The number of anilines is 2. The minimum absolute atomic E-state index is 0.00315. The van der Waals surface area contributed by atoms with Gasteiger partial charge >= 0.3 is 0 Å². The Hall–Kier alpha value is -3.17. The average Bonchev–Trinajstić information content (AvgIpc) is 3.35. The molecule has 4 rings (SSSR count). The number of halogens is 1. The predicted molar refractivity (Wildman–Crippen MR) is 146 cm³/mol. The molecule has 35 heavy (non-hydrogen) atoms. The van der Waals surface area contributed by atoms with Crippen molar-refractivity contribution in [3.63, 3.8) is 0 Å². The highest BCUT2D eigenvalue weighted by molar-refractivity contribution is 9.10. The number of amides is 2. The molecule has 9 heteroatoms. The smallest absolute Gasteiger partial charge is 0.293 e. The Morgan fingerprint density at radius 3 is 2.34 bits per heavy atom. The van der Waals surface area contributed by atoms with E-state index in [0.29, 0.717) is 18.8 Å². The predicted octanol–water partition coefficient (Wildman–Crippen LogP) is 5.14. The molecular weight excluding hydrogens is 528 g/mol. The second kappa shape index (κ2) is 11.0. The first kappa shape index (κ1) is 24.9. The van der Waals surface area contributed by atoms with Crippen LogP contribution in [0.3, 0.4) is 0 Å². The molecule has 1 saturated heterocycles. The maximum Gasteiger partial charge on any atom is 0.293 e. The van der Waals surface area contributed by atoms with Crippen molar-refractivity contribution in [3.8, 4) is 11.3 Å². The summed E-state index contributed by atoms with van der Waals surface area (Å²) in [6, 6.07) is 18.8. The Labute approximate surface area is 218 Å². The second-order valence-electron chi connectivity index (χ2n) is 8.56. The van der Waals surface area contributed by atoms with E-state index in [1.54, 1.807) is 12.1 Å². The molecule has 0 unspecified atom stereocenters. The van der Waals surface area contributed by atoms with Gasteiger partial charge in [-0.05, 0) is 48.6 Å². The maximum absolute atomic E-state index is 12.7. The normalized spacial score (nSPS) is 13.6. The zero-order valence-electron chi connectivity index (χ0n) is 19.6. The molecule has 3 aromatic rings. The highest BCUT2D eigenvalue weighted by atomic mass is 79.9. The monoisotopic (exact) mass is 554 g/mol. The van der Waals surface area contributed by atoms with Gasteiger partial charge in [0.25, 0.3) is 5.91 Å². The number of hydrogen-bond acceptors (Lipinski definition) is 5. The number of piperazine rings is 1. The molecule has 1 aliphatic rings. The van der Waals surface area contributed by atoms with Crippen LogP contribution >= 0.6 is 28.1 Å². The van der Waals surface area contributed by atoms with Crippen molar-refractivity contribution in [2.24, 2.45) is 5.92 Å². The number of thiocarbonyl (C=S) groups is 1. The molecule has 1 aromatic heterocycles. The zero-order chi connectivity index (χ0) is 24.9. The van der Waals surface area contributed by atoms with Gasteiger partial charge in [0.1, 0.15) is 5.76 Å². The van der Waals surface area contributed by atoms with Crippen molar-refractivity contribution in [2.45, 2.75) is 13.8 Å². The van der Waals surface area contributed by atoms with Gasteiger partial charge in [0, 0.05) is 42.1 Å². The van der Waals surface area contributed by atoms with E-state index in [1.807, 2.05) is 67.3 Å². The third kappa shape index (κ3) is 6.10. The average molecular weight is 555 g/mol. The van der Waals surface area contributed by atoms with Crippen LogP contribution in [0.1, 0.15) is 24.4 Å². The van der Waals surface area contributed by atoms with E-state index in [4.69, 9.17) is 16.6 Å². The minimum atomic E-state index is -0.427. The summed E-state index contributed by atoms with van der Waals surface area (Å²) in [5, 5.41) is 6.01. The molecule has 7 nitrogen and oxygen atoms in total. The van der Waals surface area contributed by atoms with E-state index in [2.05, 4.69) is 31.5 Å². The maximum atomic E-state index is 12.7. The third-order valence-corrected chi connectivity index (χ3v) is 6.50. The molecule has 0 aliphatic carbocycles. The topological polar surface area (TPSA) is 77.8 Å².